The van der Waals surface area contributed by atoms with E-state index in [-0.39, 0.29) is 18.4 Å². The van der Waals surface area contributed by atoms with Gasteiger partial charge in [0.1, 0.15) is 0 Å². The third kappa shape index (κ3) is 2.84. The first-order valence-electron chi connectivity index (χ1n) is 9.44. The molecule has 2 heterocycles. The van der Waals surface area contributed by atoms with Crippen LogP contribution < -0.4 is 0 Å². The van der Waals surface area contributed by atoms with Gasteiger partial charge >= 0.3 is 0 Å². The van der Waals surface area contributed by atoms with Crippen LogP contribution in [-0.4, -0.2) is 59.5 Å². The van der Waals surface area contributed by atoms with Gasteiger partial charge in [0.15, 0.2) is 0 Å². The highest BCUT2D eigenvalue weighted by molar-refractivity contribution is 5.96. The maximum absolute atomic E-state index is 12.9. The first-order valence-corrected chi connectivity index (χ1v) is 9.44. The number of carbonyl (C=O) groups is 2. The minimum absolute atomic E-state index is 0.000406. The second kappa shape index (κ2) is 6.45. The van der Waals surface area contributed by atoms with Crippen molar-refractivity contribution in [3.63, 3.8) is 0 Å². The molecule has 1 N–H and O–H groups in total. The van der Waals surface area contributed by atoms with Crippen molar-refractivity contribution < 1.29 is 14.7 Å². The predicted octanol–water partition coefficient (Wildman–Crippen LogP) is 1.62. The van der Waals surface area contributed by atoms with Crippen LogP contribution in [-0.2, 0) is 17.6 Å². The molecule has 5 heteroatoms. The molecule has 0 radical (unpaired) electrons. The maximum atomic E-state index is 12.9. The zero-order valence-electron chi connectivity index (χ0n) is 14.7. The summed E-state index contributed by atoms with van der Waals surface area (Å²) in [5.41, 5.74) is 3.01. The highest BCUT2D eigenvalue weighted by Gasteiger charge is 2.49. The Morgan fingerprint density at radius 3 is 2.80 bits per heavy atom. The molecule has 1 aromatic carbocycles. The van der Waals surface area contributed by atoms with Gasteiger partial charge in [0.2, 0.25) is 5.91 Å². The van der Waals surface area contributed by atoms with Crippen LogP contribution in [0.5, 0.6) is 0 Å². The largest absolute Gasteiger partial charge is 0.395 e. The number of likely N-dealkylation sites (tertiary alicyclic amines) is 2. The number of hydrogen-bond donors (Lipinski definition) is 1. The van der Waals surface area contributed by atoms with Gasteiger partial charge < -0.3 is 14.9 Å². The van der Waals surface area contributed by atoms with Crippen LogP contribution >= 0.6 is 0 Å². The van der Waals surface area contributed by atoms with Crippen LogP contribution in [0.3, 0.4) is 0 Å². The Morgan fingerprint density at radius 2 is 1.96 bits per heavy atom. The first kappa shape index (κ1) is 16.6. The minimum Gasteiger partial charge on any atom is -0.395 e. The number of rotatable bonds is 3. The predicted molar refractivity (Wildman–Crippen MR) is 94.3 cm³/mol. The van der Waals surface area contributed by atoms with Gasteiger partial charge in [-0.3, -0.25) is 9.59 Å². The number of benzene rings is 1. The topological polar surface area (TPSA) is 60.9 Å². The van der Waals surface area contributed by atoms with E-state index in [4.69, 9.17) is 0 Å². The van der Waals surface area contributed by atoms with Crippen molar-refractivity contribution in [1.82, 2.24) is 9.80 Å². The monoisotopic (exact) mass is 342 g/mol. The number of aryl methyl sites for hydroxylation is 2. The molecule has 0 saturated carbocycles. The molecule has 2 amide bonds. The van der Waals surface area contributed by atoms with Crippen molar-refractivity contribution in [3.05, 3.63) is 34.9 Å². The molecule has 134 valence electrons. The SMILES string of the molecule is O=C(c1ccc2c(c1)CCC2)N1CC[C@]2(CCCN(CCO)C2=O)C1. The van der Waals surface area contributed by atoms with Crippen molar-refractivity contribution in [3.8, 4) is 0 Å². The molecule has 25 heavy (non-hydrogen) atoms. The second-order valence-electron chi connectivity index (χ2n) is 7.71. The molecule has 2 fully saturated rings. The third-order valence-corrected chi connectivity index (χ3v) is 6.18. The van der Waals surface area contributed by atoms with E-state index in [1.807, 2.05) is 11.0 Å². The summed E-state index contributed by atoms with van der Waals surface area (Å²) in [6.45, 7) is 2.29. The number of carbonyl (C=O) groups excluding carboxylic acids is 2. The van der Waals surface area contributed by atoms with Gasteiger partial charge in [-0.2, -0.15) is 0 Å². The zero-order valence-corrected chi connectivity index (χ0v) is 14.7. The Hall–Kier alpha value is -1.88. The maximum Gasteiger partial charge on any atom is 0.253 e. The quantitative estimate of drug-likeness (QED) is 0.908. The summed E-state index contributed by atoms with van der Waals surface area (Å²) >= 11 is 0. The number of fused-ring (bicyclic) bond motifs is 1. The highest BCUT2D eigenvalue weighted by atomic mass is 16.3. The summed E-state index contributed by atoms with van der Waals surface area (Å²) in [4.78, 5) is 29.5. The van der Waals surface area contributed by atoms with Gasteiger partial charge in [0.05, 0.1) is 12.0 Å². The lowest BCUT2D eigenvalue weighted by atomic mass is 9.78. The number of β-amino-alcohol motifs (C(OH)–C–C–N with tert-alkyl or cyclic N) is 1. The Balaban J connectivity index is 1.50. The van der Waals surface area contributed by atoms with Crippen molar-refractivity contribution in [2.75, 3.05) is 32.8 Å². The van der Waals surface area contributed by atoms with Gasteiger partial charge in [-0.15, -0.1) is 0 Å². The van der Waals surface area contributed by atoms with Crippen molar-refractivity contribution in [2.24, 2.45) is 5.41 Å². The molecular formula is C20H26N2O3. The van der Waals surface area contributed by atoms with Gasteiger partial charge in [-0.05, 0) is 61.8 Å². The lowest BCUT2D eigenvalue weighted by Gasteiger charge is -2.39. The lowest BCUT2D eigenvalue weighted by Crippen LogP contribution is -2.51. The fourth-order valence-corrected chi connectivity index (χ4v) is 4.80. The lowest BCUT2D eigenvalue weighted by molar-refractivity contribution is -0.146. The number of piperidine rings is 1. The Kier molecular flexibility index (Phi) is 4.28. The molecule has 0 bridgehead atoms. The van der Waals surface area contributed by atoms with E-state index in [2.05, 4.69) is 12.1 Å². The summed E-state index contributed by atoms with van der Waals surface area (Å²) in [7, 11) is 0. The van der Waals surface area contributed by atoms with E-state index in [1.165, 1.54) is 17.5 Å². The van der Waals surface area contributed by atoms with Crippen molar-refractivity contribution in [1.29, 1.82) is 0 Å². The van der Waals surface area contributed by atoms with Crippen LogP contribution in [0, 0.1) is 5.41 Å². The van der Waals surface area contributed by atoms with Crippen LogP contribution in [0.4, 0.5) is 0 Å². The van der Waals surface area contributed by atoms with Gasteiger partial charge in [0.25, 0.3) is 5.91 Å². The van der Waals surface area contributed by atoms with E-state index in [1.54, 1.807) is 4.90 Å². The molecule has 0 aromatic heterocycles. The Labute approximate surface area is 148 Å². The highest BCUT2D eigenvalue weighted by Crippen LogP contribution is 2.40. The smallest absolute Gasteiger partial charge is 0.253 e. The number of amides is 2. The third-order valence-electron chi connectivity index (χ3n) is 6.18. The molecule has 1 atom stereocenters. The van der Waals surface area contributed by atoms with Crippen molar-refractivity contribution in [2.45, 2.75) is 38.5 Å². The summed E-state index contributed by atoms with van der Waals surface area (Å²) in [5.74, 6) is 0.177. The Bertz CT molecular complexity index is 700. The average molecular weight is 342 g/mol. The summed E-state index contributed by atoms with van der Waals surface area (Å²) in [6, 6.07) is 6.09. The molecule has 2 saturated heterocycles. The van der Waals surface area contributed by atoms with E-state index >= 15 is 0 Å². The van der Waals surface area contributed by atoms with E-state index in [0.717, 1.165) is 44.2 Å². The molecule has 1 spiro atoms. The molecule has 1 aliphatic carbocycles. The Morgan fingerprint density at radius 1 is 1.12 bits per heavy atom. The fraction of sp³-hybridized carbons (Fsp3) is 0.600. The molecule has 2 aliphatic heterocycles. The van der Waals surface area contributed by atoms with Crippen molar-refractivity contribution >= 4 is 11.8 Å². The average Bonchev–Trinajstić information content (AvgIpc) is 3.26. The standard InChI is InChI=1S/C20H26N2O3/c23-12-11-21-9-2-7-20(19(21)25)8-10-22(14-20)18(24)17-6-5-15-3-1-4-16(15)13-17/h5-6,13,23H,1-4,7-12,14H2/t20-/m1/s1. The van der Waals surface area contributed by atoms with Gasteiger partial charge in [-0.1, -0.05) is 6.07 Å². The van der Waals surface area contributed by atoms with Crippen LogP contribution in [0.25, 0.3) is 0 Å². The van der Waals surface area contributed by atoms with Crippen LogP contribution in [0.1, 0.15) is 47.2 Å². The minimum atomic E-state index is -0.431. The molecular weight excluding hydrogens is 316 g/mol. The zero-order chi connectivity index (χ0) is 17.4. The normalized spacial score (nSPS) is 25.7. The fourth-order valence-electron chi connectivity index (χ4n) is 4.80. The molecule has 5 nitrogen and oxygen atoms in total. The van der Waals surface area contributed by atoms with Crippen LogP contribution in [0.2, 0.25) is 0 Å². The number of aliphatic hydroxyl groups is 1. The van der Waals surface area contributed by atoms with Gasteiger partial charge in [0, 0.05) is 31.7 Å². The van der Waals surface area contributed by atoms with E-state index in [9.17, 15) is 14.7 Å². The van der Waals surface area contributed by atoms with Crippen LogP contribution in [0.15, 0.2) is 18.2 Å². The van der Waals surface area contributed by atoms with Gasteiger partial charge in [-0.25, -0.2) is 0 Å². The molecule has 0 unspecified atom stereocenters. The molecule has 3 aliphatic rings. The number of aliphatic hydroxyl groups excluding tert-OH is 1. The summed E-state index contributed by atoms with van der Waals surface area (Å²) in [6.07, 6.45) is 5.90. The summed E-state index contributed by atoms with van der Waals surface area (Å²) in [5, 5.41) is 9.17. The number of nitrogens with zero attached hydrogens (tertiary/aromatic N) is 2. The number of hydrogen-bond acceptors (Lipinski definition) is 3. The summed E-state index contributed by atoms with van der Waals surface area (Å²) < 4.78 is 0. The second-order valence-corrected chi connectivity index (χ2v) is 7.71. The molecule has 4 rings (SSSR count). The molecule has 1 aromatic rings. The van der Waals surface area contributed by atoms with E-state index < -0.39 is 5.41 Å². The first-order chi connectivity index (χ1) is 12.1. The van der Waals surface area contributed by atoms with E-state index in [0.29, 0.717) is 19.6 Å².